The highest BCUT2D eigenvalue weighted by atomic mass is 127. The van der Waals surface area contributed by atoms with E-state index in [-0.39, 0.29) is 30.0 Å². The van der Waals surface area contributed by atoms with Crippen LogP contribution in [-0.2, 0) is 11.2 Å². The molecule has 0 saturated heterocycles. The monoisotopic (exact) mass is 417 g/mol. The standard InChI is InChI=1S/C17H27N3O.HI/c1-13(12-21-3)20-17(18-2)19-11-15-9-6-8-14-7-4-5-10-16(14)15;/h4-5,7,10,13,15H,6,8-9,11-12H2,1-3H3,(H2,18,19,20);1H. The Morgan fingerprint density at radius 1 is 1.41 bits per heavy atom. The van der Waals surface area contributed by atoms with Gasteiger partial charge in [0.05, 0.1) is 6.61 Å². The van der Waals surface area contributed by atoms with E-state index in [9.17, 15) is 0 Å². The number of rotatable bonds is 5. The molecule has 1 aliphatic carbocycles. The molecule has 0 bridgehead atoms. The van der Waals surface area contributed by atoms with Crippen LogP contribution in [0.15, 0.2) is 29.3 Å². The number of nitrogens with zero attached hydrogens (tertiary/aromatic N) is 1. The van der Waals surface area contributed by atoms with Gasteiger partial charge in [0.2, 0.25) is 0 Å². The van der Waals surface area contributed by atoms with Crippen molar-refractivity contribution in [3.05, 3.63) is 35.4 Å². The second-order valence-corrected chi connectivity index (χ2v) is 5.74. The van der Waals surface area contributed by atoms with E-state index in [1.54, 1.807) is 7.11 Å². The molecule has 1 aromatic carbocycles. The summed E-state index contributed by atoms with van der Waals surface area (Å²) < 4.78 is 5.14. The number of fused-ring (bicyclic) bond motifs is 1. The van der Waals surface area contributed by atoms with Gasteiger partial charge in [-0.3, -0.25) is 4.99 Å². The lowest BCUT2D eigenvalue weighted by atomic mass is 9.83. The number of aryl methyl sites for hydroxylation is 1. The van der Waals surface area contributed by atoms with Crippen LogP contribution >= 0.6 is 24.0 Å². The molecule has 0 amide bonds. The van der Waals surface area contributed by atoms with Crippen molar-refractivity contribution in [2.45, 2.75) is 38.1 Å². The van der Waals surface area contributed by atoms with E-state index < -0.39 is 0 Å². The van der Waals surface area contributed by atoms with Gasteiger partial charge in [0.1, 0.15) is 0 Å². The average Bonchev–Trinajstić information content (AvgIpc) is 2.51. The minimum atomic E-state index is 0. The normalized spacial score (nSPS) is 18.9. The van der Waals surface area contributed by atoms with Gasteiger partial charge in [-0.1, -0.05) is 24.3 Å². The summed E-state index contributed by atoms with van der Waals surface area (Å²) in [7, 11) is 3.52. The molecule has 0 spiro atoms. The van der Waals surface area contributed by atoms with Gasteiger partial charge >= 0.3 is 0 Å². The number of aliphatic imine (C=N–C) groups is 1. The Morgan fingerprint density at radius 2 is 2.18 bits per heavy atom. The number of nitrogens with one attached hydrogen (secondary N) is 2. The van der Waals surface area contributed by atoms with Crippen molar-refractivity contribution in [1.29, 1.82) is 0 Å². The average molecular weight is 417 g/mol. The minimum Gasteiger partial charge on any atom is -0.383 e. The lowest BCUT2D eigenvalue weighted by Gasteiger charge is -2.27. The molecule has 2 rings (SSSR count). The Morgan fingerprint density at radius 3 is 2.91 bits per heavy atom. The highest BCUT2D eigenvalue weighted by Gasteiger charge is 2.19. The highest BCUT2D eigenvalue weighted by molar-refractivity contribution is 14.0. The topological polar surface area (TPSA) is 45.7 Å². The third-order valence-electron chi connectivity index (χ3n) is 4.03. The first-order valence-corrected chi connectivity index (χ1v) is 7.78. The predicted octanol–water partition coefficient (Wildman–Crippen LogP) is 2.92. The van der Waals surface area contributed by atoms with E-state index in [0.717, 1.165) is 12.5 Å². The zero-order valence-electron chi connectivity index (χ0n) is 13.8. The summed E-state index contributed by atoms with van der Waals surface area (Å²) >= 11 is 0. The Bertz CT molecular complexity index is 479. The number of benzene rings is 1. The van der Waals surface area contributed by atoms with Gasteiger partial charge in [0.25, 0.3) is 0 Å². The first-order valence-electron chi connectivity index (χ1n) is 7.78. The molecule has 0 aliphatic heterocycles. The van der Waals surface area contributed by atoms with Crippen LogP contribution < -0.4 is 10.6 Å². The van der Waals surface area contributed by atoms with Crippen molar-refractivity contribution in [3.8, 4) is 0 Å². The van der Waals surface area contributed by atoms with Crippen molar-refractivity contribution < 1.29 is 4.74 Å². The molecule has 0 saturated carbocycles. The van der Waals surface area contributed by atoms with Crippen molar-refractivity contribution in [3.63, 3.8) is 0 Å². The van der Waals surface area contributed by atoms with Crippen molar-refractivity contribution >= 4 is 29.9 Å². The number of halogens is 1. The molecule has 2 unspecified atom stereocenters. The van der Waals surface area contributed by atoms with Crippen LogP contribution in [-0.4, -0.2) is 39.3 Å². The summed E-state index contributed by atoms with van der Waals surface area (Å²) in [6.07, 6.45) is 3.73. The largest absolute Gasteiger partial charge is 0.383 e. The minimum absolute atomic E-state index is 0. The van der Waals surface area contributed by atoms with Crippen LogP contribution in [0.1, 0.15) is 36.8 Å². The Hall–Kier alpha value is -0.820. The summed E-state index contributed by atoms with van der Waals surface area (Å²) in [6, 6.07) is 9.06. The number of hydrogen-bond acceptors (Lipinski definition) is 2. The Kier molecular flexibility index (Phi) is 8.78. The van der Waals surface area contributed by atoms with E-state index in [1.165, 1.54) is 30.4 Å². The molecule has 4 nitrogen and oxygen atoms in total. The molecule has 5 heteroatoms. The molecule has 0 aromatic heterocycles. The third-order valence-corrected chi connectivity index (χ3v) is 4.03. The van der Waals surface area contributed by atoms with Gasteiger partial charge in [-0.15, -0.1) is 24.0 Å². The first-order chi connectivity index (χ1) is 10.2. The van der Waals surface area contributed by atoms with Crippen LogP contribution in [0.25, 0.3) is 0 Å². The summed E-state index contributed by atoms with van der Waals surface area (Å²) in [5, 5.41) is 6.80. The van der Waals surface area contributed by atoms with Gasteiger partial charge in [0, 0.05) is 32.7 Å². The number of hydrogen-bond donors (Lipinski definition) is 2. The fraction of sp³-hybridized carbons (Fsp3) is 0.588. The molecule has 2 N–H and O–H groups in total. The van der Waals surface area contributed by atoms with Crippen molar-refractivity contribution in [2.24, 2.45) is 4.99 Å². The zero-order chi connectivity index (χ0) is 15.1. The lowest BCUT2D eigenvalue weighted by molar-refractivity contribution is 0.179. The predicted molar refractivity (Wildman–Crippen MR) is 103 cm³/mol. The summed E-state index contributed by atoms with van der Waals surface area (Å²) in [5.41, 5.74) is 3.00. The molecule has 1 aromatic rings. The lowest BCUT2D eigenvalue weighted by Crippen LogP contribution is -2.45. The summed E-state index contributed by atoms with van der Waals surface area (Å²) in [4.78, 5) is 4.29. The molecule has 2 atom stereocenters. The zero-order valence-corrected chi connectivity index (χ0v) is 16.1. The fourth-order valence-corrected chi connectivity index (χ4v) is 3.01. The maximum absolute atomic E-state index is 5.14. The SMILES string of the molecule is CN=C(NCC1CCCc2ccccc21)NC(C)COC.I. The van der Waals surface area contributed by atoms with Crippen molar-refractivity contribution in [1.82, 2.24) is 10.6 Å². The Labute approximate surface area is 151 Å². The quantitative estimate of drug-likeness (QED) is 0.440. The van der Waals surface area contributed by atoms with E-state index in [0.29, 0.717) is 12.5 Å². The molecule has 0 radical (unpaired) electrons. The maximum atomic E-state index is 5.14. The fourth-order valence-electron chi connectivity index (χ4n) is 3.01. The molecule has 22 heavy (non-hydrogen) atoms. The number of methoxy groups -OCH3 is 1. The first kappa shape index (κ1) is 19.2. The molecular formula is C17H28IN3O. The van der Waals surface area contributed by atoms with Gasteiger partial charge in [-0.25, -0.2) is 0 Å². The third kappa shape index (κ3) is 5.43. The van der Waals surface area contributed by atoms with Crippen LogP contribution in [0.3, 0.4) is 0 Å². The van der Waals surface area contributed by atoms with Crippen LogP contribution in [0.4, 0.5) is 0 Å². The summed E-state index contributed by atoms with van der Waals surface area (Å²) in [6.45, 7) is 3.69. The molecular weight excluding hydrogens is 389 g/mol. The van der Waals surface area contributed by atoms with Crippen LogP contribution in [0.2, 0.25) is 0 Å². The van der Waals surface area contributed by atoms with Crippen LogP contribution in [0, 0.1) is 0 Å². The molecule has 124 valence electrons. The number of guanidine groups is 1. The van der Waals surface area contributed by atoms with Gasteiger partial charge < -0.3 is 15.4 Å². The summed E-state index contributed by atoms with van der Waals surface area (Å²) in [5.74, 6) is 1.42. The molecule has 1 aliphatic rings. The molecule has 0 heterocycles. The van der Waals surface area contributed by atoms with Gasteiger partial charge in [-0.05, 0) is 37.3 Å². The van der Waals surface area contributed by atoms with E-state index >= 15 is 0 Å². The number of ether oxygens (including phenoxy) is 1. The second kappa shape index (κ2) is 10.0. The molecule has 0 fully saturated rings. The van der Waals surface area contributed by atoms with E-state index in [2.05, 4.69) is 46.8 Å². The smallest absolute Gasteiger partial charge is 0.191 e. The second-order valence-electron chi connectivity index (χ2n) is 5.74. The van der Waals surface area contributed by atoms with E-state index in [1.807, 2.05) is 7.05 Å². The highest BCUT2D eigenvalue weighted by Crippen LogP contribution is 2.30. The van der Waals surface area contributed by atoms with Gasteiger partial charge in [0.15, 0.2) is 5.96 Å². The Balaban J connectivity index is 0.00000242. The van der Waals surface area contributed by atoms with Crippen LogP contribution in [0.5, 0.6) is 0 Å². The van der Waals surface area contributed by atoms with Crippen molar-refractivity contribution in [2.75, 3.05) is 27.3 Å². The van der Waals surface area contributed by atoms with E-state index in [4.69, 9.17) is 4.74 Å². The van der Waals surface area contributed by atoms with Gasteiger partial charge in [-0.2, -0.15) is 0 Å². The maximum Gasteiger partial charge on any atom is 0.191 e.